The summed E-state index contributed by atoms with van der Waals surface area (Å²) in [7, 11) is 1.68. The summed E-state index contributed by atoms with van der Waals surface area (Å²) in [5.41, 5.74) is 5.38. The summed E-state index contributed by atoms with van der Waals surface area (Å²) in [5, 5.41) is 4.19. The van der Waals surface area contributed by atoms with Crippen molar-refractivity contribution in [1.29, 1.82) is 0 Å². The Hall–Kier alpha value is -3.64. The molecule has 0 spiro atoms. The fourth-order valence-electron chi connectivity index (χ4n) is 4.34. The molecular weight excluding hydrogens is 416 g/mol. The first-order valence-corrected chi connectivity index (χ1v) is 11.0. The van der Waals surface area contributed by atoms with E-state index in [0.29, 0.717) is 5.11 Å². The van der Waals surface area contributed by atoms with Gasteiger partial charge in [-0.1, -0.05) is 24.3 Å². The van der Waals surface area contributed by atoms with Crippen molar-refractivity contribution in [2.45, 2.75) is 19.0 Å². The van der Waals surface area contributed by atoms with Gasteiger partial charge in [0.15, 0.2) is 5.11 Å². The van der Waals surface area contributed by atoms with E-state index in [0.717, 1.165) is 28.5 Å². The first-order chi connectivity index (χ1) is 15.7. The van der Waals surface area contributed by atoms with Crippen LogP contribution in [0.5, 0.6) is 5.75 Å². The third-order valence-corrected chi connectivity index (χ3v) is 6.11. The average molecular weight is 441 g/mol. The molecule has 2 aromatic heterocycles. The number of aromatic nitrogens is 2. The van der Waals surface area contributed by atoms with E-state index in [-0.39, 0.29) is 12.1 Å². The summed E-state index contributed by atoms with van der Waals surface area (Å²) in [5.74, 6) is 0.791. The molecule has 2 unspecified atom stereocenters. The minimum absolute atomic E-state index is 0.0972. The van der Waals surface area contributed by atoms with Crippen LogP contribution in [0, 0.1) is 6.92 Å². The minimum Gasteiger partial charge on any atom is -0.497 e. The van der Waals surface area contributed by atoms with Crippen LogP contribution in [0.25, 0.3) is 5.69 Å². The first kappa shape index (κ1) is 20.3. The second-order valence-electron chi connectivity index (χ2n) is 7.84. The summed E-state index contributed by atoms with van der Waals surface area (Å²) >= 11 is 5.85. The van der Waals surface area contributed by atoms with Gasteiger partial charge in [-0.2, -0.15) is 0 Å². The molecule has 6 heteroatoms. The highest BCUT2D eigenvalue weighted by molar-refractivity contribution is 7.80. The maximum Gasteiger partial charge on any atom is 0.174 e. The standard InChI is InChI=1S/C26H24N4OS/c1-18-8-5-9-19(16-18)29-15-7-13-23(29)25-24(22-12-3-4-14-27-22)28-26(32)30(25)20-10-6-11-21(17-20)31-2/h3-17,24-25H,1-2H3,(H,28,32). The third kappa shape index (κ3) is 3.63. The summed E-state index contributed by atoms with van der Waals surface area (Å²) in [6.07, 6.45) is 3.93. The lowest BCUT2D eigenvalue weighted by molar-refractivity contribution is 0.414. The van der Waals surface area contributed by atoms with Crippen molar-refractivity contribution < 1.29 is 4.74 Å². The molecule has 2 aromatic carbocycles. The number of methoxy groups -OCH3 is 1. The van der Waals surface area contributed by atoms with Gasteiger partial charge in [-0.05, 0) is 73.2 Å². The van der Waals surface area contributed by atoms with Gasteiger partial charge in [0.05, 0.1) is 18.8 Å². The number of hydrogen-bond donors (Lipinski definition) is 1. The van der Waals surface area contributed by atoms with Crippen LogP contribution in [0.3, 0.4) is 0 Å². The number of nitrogens with one attached hydrogen (secondary N) is 1. The maximum absolute atomic E-state index is 5.85. The smallest absolute Gasteiger partial charge is 0.174 e. The Bertz CT molecular complexity index is 1250. The zero-order valence-corrected chi connectivity index (χ0v) is 18.8. The first-order valence-electron chi connectivity index (χ1n) is 10.5. The van der Waals surface area contributed by atoms with Crippen LogP contribution < -0.4 is 15.0 Å². The number of rotatable bonds is 5. The Morgan fingerprint density at radius 2 is 1.78 bits per heavy atom. The molecule has 2 atom stereocenters. The fourth-order valence-corrected chi connectivity index (χ4v) is 4.69. The Labute approximate surface area is 193 Å². The molecule has 0 saturated carbocycles. The van der Waals surface area contributed by atoms with Crippen molar-refractivity contribution in [3.05, 3.63) is 108 Å². The van der Waals surface area contributed by atoms with Gasteiger partial charge < -0.3 is 19.5 Å². The van der Waals surface area contributed by atoms with Gasteiger partial charge in [0.25, 0.3) is 0 Å². The number of pyridine rings is 1. The molecule has 3 heterocycles. The number of ether oxygens (including phenoxy) is 1. The van der Waals surface area contributed by atoms with Crippen LogP contribution in [0.2, 0.25) is 0 Å². The van der Waals surface area contributed by atoms with E-state index in [4.69, 9.17) is 17.0 Å². The predicted molar refractivity (Wildman–Crippen MR) is 131 cm³/mol. The molecule has 0 amide bonds. The molecule has 0 radical (unpaired) electrons. The number of thiocarbonyl (C=S) groups is 1. The summed E-state index contributed by atoms with van der Waals surface area (Å²) < 4.78 is 7.72. The highest BCUT2D eigenvalue weighted by Crippen LogP contribution is 2.42. The molecule has 0 bridgehead atoms. The fraction of sp³-hybridized carbons (Fsp3) is 0.154. The van der Waals surface area contributed by atoms with Crippen molar-refractivity contribution in [2.75, 3.05) is 12.0 Å². The van der Waals surface area contributed by atoms with Crippen molar-refractivity contribution in [2.24, 2.45) is 0 Å². The van der Waals surface area contributed by atoms with Crippen molar-refractivity contribution >= 4 is 23.0 Å². The Morgan fingerprint density at radius 3 is 2.56 bits per heavy atom. The lowest BCUT2D eigenvalue weighted by Crippen LogP contribution is -2.30. The summed E-state index contributed by atoms with van der Waals surface area (Å²) in [4.78, 5) is 6.82. The van der Waals surface area contributed by atoms with Crippen molar-refractivity contribution in [3.63, 3.8) is 0 Å². The number of anilines is 1. The normalized spacial score (nSPS) is 17.9. The van der Waals surface area contributed by atoms with Crippen LogP contribution in [0.15, 0.2) is 91.3 Å². The molecule has 0 aliphatic carbocycles. The van der Waals surface area contributed by atoms with Gasteiger partial charge in [-0.25, -0.2) is 0 Å². The van der Waals surface area contributed by atoms with E-state index >= 15 is 0 Å². The average Bonchev–Trinajstić information content (AvgIpc) is 3.44. The molecule has 1 aliphatic rings. The van der Waals surface area contributed by atoms with E-state index in [1.54, 1.807) is 7.11 Å². The zero-order chi connectivity index (χ0) is 22.1. The van der Waals surface area contributed by atoms with Crippen LogP contribution in [0.4, 0.5) is 5.69 Å². The number of nitrogens with zero attached hydrogens (tertiary/aromatic N) is 3. The van der Waals surface area contributed by atoms with Crippen LogP contribution in [-0.2, 0) is 0 Å². The molecule has 5 rings (SSSR count). The Balaban J connectivity index is 1.67. The van der Waals surface area contributed by atoms with Crippen LogP contribution in [0.1, 0.15) is 29.0 Å². The molecule has 5 nitrogen and oxygen atoms in total. The molecule has 160 valence electrons. The largest absolute Gasteiger partial charge is 0.497 e. The second-order valence-corrected chi connectivity index (χ2v) is 8.23. The van der Waals surface area contributed by atoms with E-state index in [1.807, 2.05) is 42.6 Å². The highest BCUT2D eigenvalue weighted by Gasteiger charge is 2.42. The van der Waals surface area contributed by atoms with Crippen molar-refractivity contribution in [1.82, 2.24) is 14.9 Å². The van der Waals surface area contributed by atoms with Gasteiger partial charge in [0.1, 0.15) is 11.8 Å². The molecule has 32 heavy (non-hydrogen) atoms. The molecule has 1 fully saturated rings. The quantitative estimate of drug-likeness (QED) is 0.423. The van der Waals surface area contributed by atoms with Crippen LogP contribution >= 0.6 is 12.2 Å². The molecule has 1 saturated heterocycles. The molecule has 4 aromatic rings. The van der Waals surface area contributed by atoms with Gasteiger partial charge in [-0.3, -0.25) is 4.98 Å². The number of aryl methyl sites for hydroxylation is 1. The SMILES string of the molecule is COc1cccc(N2C(=S)NC(c3ccccn3)C2c2cccn2-c2cccc(C)c2)c1. The van der Waals surface area contributed by atoms with E-state index in [1.165, 1.54) is 5.56 Å². The van der Waals surface area contributed by atoms with Gasteiger partial charge >= 0.3 is 0 Å². The Morgan fingerprint density at radius 1 is 0.938 bits per heavy atom. The second kappa shape index (κ2) is 8.48. The van der Waals surface area contributed by atoms with Gasteiger partial charge in [-0.15, -0.1) is 0 Å². The maximum atomic E-state index is 5.85. The molecular formula is C26H24N4OS. The molecule has 1 aliphatic heterocycles. The van der Waals surface area contributed by atoms with E-state index in [2.05, 4.69) is 75.4 Å². The topological polar surface area (TPSA) is 42.3 Å². The van der Waals surface area contributed by atoms with Crippen LogP contribution in [-0.4, -0.2) is 21.8 Å². The summed E-state index contributed by atoms with van der Waals surface area (Å²) in [6, 6.07) is 26.5. The predicted octanol–water partition coefficient (Wildman–Crippen LogP) is 5.37. The Kier molecular flexibility index (Phi) is 5.37. The summed E-state index contributed by atoms with van der Waals surface area (Å²) in [6.45, 7) is 2.11. The van der Waals surface area contributed by atoms with Gasteiger partial charge in [0, 0.05) is 35.5 Å². The van der Waals surface area contributed by atoms with Gasteiger partial charge in [0.2, 0.25) is 0 Å². The number of benzene rings is 2. The molecule has 1 N–H and O–H groups in total. The monoisotopic (exact) mass is 440 g/mol. The minimum atomic E-state index is -0.103. The lowest BCUT2D eigenvalue weighted by Gasteiger charge is -2.29. The van der Waals surface area contributed by atoms with E-state index < -0.39 is 0 Å². The van der Waals surface area contributed by atoms with Crippen molar-refractivity contribution in [3.8, 4) is 11.4 Å². The highest BCUT2D eigenvalue weighted by atomic mass is 32.1. The lowest BCUT2D eigenvalue weighted by atomic mass is 10.0. The van der Waals surface area contributed by atoms with E-state index in [9.17, 15) is 0 Å². The number of hydrogen-bond acceptors (Lipinski definition) is 3. The third-order valence-electron chi connectivity index (χ3n) is 5.79. The zero-order valence-electron chi connectivity index (χ0n) is 18.0.